The van der Waals surface area contributed by atoms with Crippen molar-refractivity contribution < 1.29 is 0 Å². The predicted molar refractivity (Wildman–Crippen MR) is 133 cm³/mol. The van der Waals surface area contributed by atoms with E-state index in [1.54, 1.807) is 0 Å². The van der Waals surface area contributed by atoms with Gasteiger partial charge in [0.2, 0.25) is 0 Å². The first-order chi connectivity index (χ1) is 14.1. The number of halogens is 1. The van der Waals surface area contributed by atoms with Crippen molar-refractivity contribution in [3.05, 3.63) is 133 Å². The number of nitrogens with two attached hydrogens (primary N) is 1. The van der Waals surface area contributed by atoms with E-state index >= 15 is 0 Å². The monoisotopic (exact) mass is 459 g/mol. The molecule has 29 heavy (non-hydrogen) atoms. The molecule has 0 bridgehead atoms. The molecule has 4 aromatic carbocycles. The van der Waals surface area contributed by atoms with Crippen LogP contribution >= 0.6 is 20.8 Å². The van der Waals surface area contributed by atoms with Crippen LogP contribution in [0.4, 0.5) is 0 Å². The van der Waals surface area contributed by atoms with Crippen molar-refractivity contribution >= 4 is 42.4 Å². The minimum atomic E-state index is -3.16. The van der Waals surface area contributed by atoms with E-state index in [4.69, 9.17) is 5.73 Å². The van der Waals surface area contributed by atoms with Gasteiger partial charge in [0.25, 0.3) is 0 Å². The van der Waals surface area contributed by atoms with Crippen molar-refractivity contribution in [2.45, 2.75) is 0 Å². The molecule has 1 nitrogen and oxygen atoms in total. The summed E-state index contributed by atoms with van der Waals surface area (Å²) in [4.78, 5) is 0. The molecule has 4 aromatic rings. The molecule has 0 heterocycles. The second-order valence-electron chi connectivity index (χ2n) is 7.03. The van der Waals surface area contributed by atoms with E-state index in [2.05, 4.69) is 124 Å². The van der Waals surface area contributed by atoms with E-state index < -0.39 is 5.31 Å². The van der Waals surface area contributed by atoms with Crippen LogP contribution in [0.1, 0.15) is 5.56 Å². The average Bonchev–Trinajstić information content (AvgIpc) is 2.81. The Balaban J connectivity index is 2.13. The summed E-state index contributed by atoms with van der Waals surface area (Å²) in [5.74, 6) is 2.26. The summed E-state index contributed by atoms with van der Waals surface area (Å²) >= 11 is 4.39. The van der Waals surface area contributed by atoms with E-state index in [9.17, 15) is 0 Å². The summed E-state index contributed by atoms with van der Waals surface area (Å²) in [7, 11) is 0. The molecule has 0 spiro atoms. The molecule has 0 saturated heterocycles. The Kier molecular flexibility index (Phi) is 5.41. The predicted octanol–water partition coefficient (Wildman–Crippen LogP) is 5.78. The molecule has 144 valence electrons. The number of benzene rings is 4. The maximum atomic E-state index is 6.74. The summed E-state index contributed by atoms with van der Waals surface area (Å²) < 4.78 is 0. The quantitative estimate of drug-likeness (QED) is 0.376. The van der Waals surface area contributed by atoms with Crippen molar-refractivity contribution in [1.29, 1.82) is 0 Å². The van der Waals surface area contributed by atoms with Gasteiger partial charge in [-0.3, -0.25) is 0 Å². The third kappa shape index (κ3) is 3.44. The molecule has 0 aliphatic heterocycles. The second-order valence-corrected chi connectivity index (χ2v) is 15.4. The van der Waals surface area contributed by atoms with Gasteiger partial charge in [-0.25, -0.2) is 0 Å². The van der Waals surface area contributed by atoms with Crippen LogP contribution in [0.25, 0.3) is 5.70 Å². The van der Waals surface area contributed by atoms with Crippen LogP contribution in [-0.2, 0) is 0 Å². The minimum absolute atomic E-state index is 0.761. The van der Waals surface area contributed by atoms with Crippen LogP contribution in [-0.4, -0.2) is 0 Å². The molecule has 0 aromatic heterocycles. The van der Waals surface area contributed by atoms with Crippen molar-refractivity contribution in [3.8, 4) is 0 Å². The number of hydrogen-bond donors (Lipinski definition) is 1. The second kappa shape index (κ2) is 7.99. The molecule has 0 radical (unpaired) electrons. The van der Waals surface area contributed by atoms with E-state index in [1.807, 2.05) is 18.2 Å². The Morgan fingerprint density at radius 1 is 0.552 bits per heavy atom. The Bertz CT molecular complexity index is 1010. The molecular formula is C26H23BrNP. The Labute approximate surface area is 180 Å². The number of hydrogen-bond acceptors (Lipinski definition) is 1. The van der Waals surface area contributed by atoms with Crippen molar-refractivity contribution in [2.75, 3.05) is 0 Å². The van der Waals surface area contributed by atoms with Gasteiger partial charge in [-0.05, 0) is 0 Å². The van der Waals surface area contributed by atoms with Gasteiger partial charge in [0.15, 0.2) is 0 Å². The first-order valence-corrected chi connectivity index (χ1v) is 13.9. The van der Waals surface area contributed by atoms with Crippen molar-refractivity contribution in [1.82, 2.24) is 0 Å². The topological polar surface area (TPSA) is 26.0 Å². The maximum absolute atomic E-state index is 6.74. The van der Waals surface area contributed by atoms with Crippen LogP contribution in [0.15, 0.2) is 127 Å². The fraction of sp³-hybridized carbons (Fsp3) is 0. The van der Waals surface area contributed by atoms with Gasteiger partial charge >= 0.3 is 181 Å². The first-order valence-electron chi connectivity index (χ1n) is 9.57. The van der Waals surface area contributed by atoms with Crippen molar-refractivity contribution in [3.63, 3.8) is 0 Å². The summed E-state index contributed by atoms with van der Waals surface area (Å²) in [5, 5.41) is 0.491. The SMILES string of the molecule is NC(=CP(Br)(c1ccccc1)(c1ccccc1)c1ccccc1)c1ccccc1. The summed E-state index contributed by atoms with van der Waals surface area (Å²) in [5.41, 5.74) is 8.52. The Morgan fingerprint density at radius 3 is 1.21 bits per heavy atom. The fourth-order valence-corrected chi connectivity index (χ4v) is 10.9. The fourth-order valence-electron chi connectivity index (χ4n) is 3.80. The van der Waals surface area contributed by atoms with Gasteiger partial charge in [0.1, 0.15) is 0 Å². The molecule has 0 saturated carbocycles. The zero-order valence-corrected chi connectivity index (χ0v) is 18.5. The van der Waals surface area contributed by atoms with E-state index in [-0.39, 0.29) is 0 Å². The summed E-state index contributed by atoms with van der Waals surface area (Å²) in [6.45, 7) is 0. The summed E-state index contributed by atoms with van der Waals surface area (Å²) in [6.07, 6.45) is 0. The molecule has 3 heteroatoms. The van der Waals surface area contributed by atoms with Gasteiger partial charge < -0.3 is 0 Å². The van der Waals surface area contributed by atoms with E-state index in [1.165, 1.54) is 15.9 Å². The third-order valence-corrected chi connectivity index (χ3v) is 14.3. The van der Waals surface area contributed by atoms with Gasteiger partial charge in [-0.2, -0.15) is 0 Å². The first kappa shape index (κ1) is 19.6. The summed E-state index contributed by atoms with van der Waals surface area (Å²) in [6, 6.07) is 42.1. The number of rotatable bonds is 5. The molecule has 2 N–H and O–H groups in total. The molecule has 4 rings (SSSR count). The zero-order valence-electron chi connectivity index (χ0n) is 16.0. The molecule has 0 fully saturated rings. The van der Waals surface area contributed by atoms with Crippen LogP contribution in [0, 0.1) is 0 Å². The van der Waals surface area contributed by atoms with E-state index in [0.717, 1.165) is 11.3 Å². The average molecular weight is 460 g/mol. The standard InChI is InChI=1S/C26H23BrNP/c27-29(23-15-7-2-8-16-23,24-17-9-3-10-18-24,25-19-11-4-12-20-25)21-26(28)22-13-5-1-6-14-22/h1-21H,28H2. The molecule has 0 unspecified atom stereocenters. The third-order valence-electron chi connectivity index (χ3n) is 5.27. The van der Waals surface area contributed by atoms with Gasteiger partial charge in [0.05, 0.1) is 0 Å². The van der Waals surface area contributed by atoms with E-state index in [0.29, 0.717) is 0 Å². The normalized spacial score (nSPS) is 13.4. The van der Waals surface area contributed by atoms with Crippen molar-refractivity contribution in [2.24, 2.45) is 5.73 Å². The Morgan fingerprint density at radius 2 is 0.862 bits per heavy atom. The molecule has 0 aliphatic rings. The van der Waals surface area contributed by atoms with Gasteiger partial charge in [0, 0.05) is 0 Å². The van der Waals surface area contributed by atoms with Gasteiger partial charge in [-0.1, -0.05) is 0 Å². The van der Waals surface area contributed by atoms with Crippen LogP contribution in [0.5, 0.6) is 0 Å². The molecular weight excluding hydrogens is 437 g/mol. The molecule has 0 amide bonds. The van der Waals surface area contributed by atoms with Crippen LogP contribution in [0.3, 0.4) is 0 Å². The van der Waals surface area contributed by atoms with Crippen LogP contribution < -0.4 is 21.6 Å². The molecule has 0 atom stereocenters. The molecule has 0 aliphatic carbocycles. The van der Waals surface area contributed by atoms with Gasteiger partial charge in [-0.15, -0.1) is 0 Å². The Hall–Kier alpha value is -2.67. The van der Waals surface area contributed by atoms with Crippen LogP contribution in [0.2, 0.25) is 0 Å². The zero-order chi connectivity index (χ0) is 20.2.